The van der Waals surface area contributed by atoms with Crippen molar-refractivity contribution in [1.82, 2.24) is 0 Å². The minimum atomic E-state index is -0.609. The van der Waals surface area contributed by atoms with E-state index in [1.807, 2.05) is 6.07 Å². The van der Waals surface area contributed by atoms with Gasteiger partial charge in [0.2, 0.25) is 0 Å². The summed E-state index contributed by atoms with van der Waals surface area (Å²) in [5.74, 6) is 0.307. The van der Waals surface area contributed by atoms with E-state index in [4.69, 9.17) is 9.15 Å². The molecule has 5 heteroatoms. The van der Waals surface area contributed by atoms with Crippen LogP contribution in [0.25, 0.3) is 0 Å². The highest BCUT2D eigenvalue weighted by atomic mass is 16.5. The SMILES string of the molecule is CC1(C)C(=O)CC[C@@]2(C)C1C[C@@H](O)[C@@]1(C)C3=CC(=O)O[C@@H](c4ccoc4)[C@]3(C)CCC21. The fourth-order valence-electron chi connectivity index (χ4n) is 8.31. The van der Waals surface area contributed by atoms with Crippen LogP contribution in [0.5, 0.6) is 0 Å². The highest BCUT2D eigenvalue weighted by molar-refractivity contribution is 5.86. The Morgan fingerprint density at radius 2 is 1.81 bits per heavy atom. The number of aliphatic hydroxyl groups excluding tert-OH is 1. The number of carbonyl (C=O) groups is 2. The number of hydrogen-bond donors (Lipinski definition) is 1. The molecule has 2 unspecified atom stereocenters. The summed E-state index contributed by atoms with van der Waals surface area (Å²) in [6.45, 7) is 10.8. The van der Waals surface area contributed by atoms with Gasteiger partial charge in [0.1, 0.15) is 11.9 Å². The predicted molar refractivity (Wildman–Crippen MR) is 115 cm³/mol. The molecule has 0 spiro atoms. The summed E-state index contributed by atoms with van der Waals surface area (Å²) in [6, 6.07) is 1.87. The Labute approximate surface area is 184 Å². The van der Waals surface area contributed by atoms with E-state index in [-0.39, 0.29) is 23.2 Å². The van der Waals surface area contributed by atoms with Gasteiger partial charge in [-0.1, -0.05) is 34.6 Å². The molecule has 7 atom stereocenters. The predicted octanol–water partition coefficient (Wildman–Crippen LogP) is 5.00. The lowest BCUT2D eigenvalue weighted by Gasteiger charge is -2.68. The molecule has 4 aliphatic rings. The third kappa shape index (κ3) is 2.53. The summed E-state index contributed by atoms with van der Waals surface area (Å²) in [5, 5.41) is 11.7. The smallest absolute Gasteiger partial charge is 0.331 e. The van der Waals surface area contributed by atoms with Crippen molar-refractivity contribution in [1.29, 1.82) is 0 Å². The summed E-state index contributed by atoms with van der Waals surface area (Å²) in [6.07, 6.45) is 7.74. The van der Waals surface area contributed by atoms with E-state index in [1.165, 1.54) is 0 Å². The van der Waals surface area contributed by atoms with Crippen LogP contribution >= 0.6 is 0 Å². The first-order valence-electron chi connectivity index (χ1n) is 11.6. The minimum absolute atomic E-state index is 0.0555. The fourth-order valence-corrected chi connectivity index (χ4v) is 8.31. The van der Waals surface area contributed by atoms with Crippen molar-refractivity contribution in [3.63, 3.8) is 0 Å². The van der Waals surface area contributed by atoms with Crippen LogP contribution in [-0.2, 0) is 14.3 Å². The van der Waals surface area contributed by atoms with Gasteiger partial charge >= 0.3 is 5.97 Å². The molecule has 1 aromatic rings. The van der Waals surface area contributed by atoms with Crippen LogP contribution in [0, 0.1) is 33.5 Å². The second kappa shape index (κ2) is 6.34. The quantitative estimate of drug-likeness (QED) is 0.639. The number of fused-ring (bicyclic) bond motifs is 5. The molecule has 0 amide bonds. The number of ketones is 1. The molecule has 3 saturated carbocycles. The average molecular weight is 427 g/mol. The summed E-state index contributed by atoms with van der Waals surface area (Å²) < 4.78 is 11.1. The Hall–Kier alpha value is -1.88. The standard InChI is InChI=1S/C26H34O5/c1-23(2)17-12-20(28)26(5)16(24(17,3)10-7-19(23)27)6-9-25(4)18(26)13-21(29)31-22(25)15-8-11-30-14-15/h8,11,13-14,16-17,20,22,28H,6-7,9-10,12H2,1-5H3/t16?,17?,20-,22+,24-,25-,26-/m1/s1. The number of hydrogen-bond acceptors (Lipinski definition) is 5. The molecule has 0 bridgehead atoms. The number of Topliss-reactive ketones (excluding diaryl/α,β-unsaturated/α-hetero) is 1. The molecule has 168 valence electrons. The molecule has 1 N–H and O–H groups in total. The summed E-state index contributed by atoms with van der Waals surface area (Å²) >= 11 is 0. The maximum absolute atomic E-state index is 12.8. The van der Waals surface area contributed by atoms with E-state index >= 15 is 0 Å². The maximum Gasteiger partial charge on any atom is 0.331 e. The number of aliphatic hydroxyl groups is 1. The first-order chi connectivity index (χ1) is 14.5. The molecule has 3 aliphatic carbocycles. The van der Waals surface area contributed by atoms with Gasteiger partial charge in [-0.25, -0.2) is 4.79 Å². The molecule has 0 radical (unpaired) electrons. The van der Waals surface area contributed by atoms with Gasteiger partial charge < -0.3 is 14.3 Å². The zero-order valence-electron chi connectivity index (χ0n) is 19.2. The first kappa shape index (κ1) is 21.0. The summed E-state index contributed by atoms with van der Waals surface area (Å²) in [5.41, 5.74) is 0.460. The lowest BCUT2D eigenvalue weighted by molar-refractivity contribution is -0.199. The third-order valence-corrected chi connectivity index (χ3v) is 10.0. The van der Waals surface area contributed by atoms with Crippen molar-refractivity contribution in [2.45, 2.75) is 78.9 Å². The lowest BCUT2D eigenvalue weighted by Crippen LogP contribution is -2.65. The zero-order chi connectivity index (χ0) is 22.4. The largest absolute Gasteiger partial charge is 0.472 e. The van der Waals surface area contributed by atoms with E-state index in [2.05, 4.69) is 34.6 Å². The van der Waals surface area contributed by atoms with Crippen LogP contribution in [0.2, 0.25) is 0 Å². The Morgan fingerprint density at radius 3 is 2.48 bits per heavy atom. The van der Waals surface area contributed by atoms with Gasteiger partial charge in [0, 0.05) is 34.3 Å². The molecule has 5 rings (SSSR count). The Kier molecular flexibility index (Phi) is 4.29. The van der Waals surface area contributed by atoms with Gasteiger partial charge in [-0.05, 0) is 54.6 Å². The van der Waals surface area contributed by atoms with Crippen LogP contribution in [-0.4, -0.2) is 23.0 Å². The van der Waals surface area contributed by atoms with Gasteiger partial charge in [-0.3, -0.25) is 4.79 Å². The molecule has 2 heterocycles. The number of furan rings is 1. The molecule has 5 nitrogen and oxygen atoms in total. The van der Waals surface area contributed by atoms with Gasteiger partial charge in [0.15, 0.2) is 0 Å². The second-order valence-corrected chi connectivity index (χ2v) is 11.7. The van der Waals surface area contributed by atoms with Gasteiger partial charge in [-0.2, -0.15) is 0 Å². The third-order valence-electron chi connectivity index (χ3n) is 10.0. The maximum atomic E-state index is 12.8. The highest BCUT2D eigenvalue weighted by Crippen LogP contribution is 2.72. The molecule has 0 aromatic carbocycles. The summed E-state index contributed by atoms with van der Waals surface area (Å²) in [4.78, 5) is 25.5. The number of cyclic esters (lactones) is 1. The van der Waals surface area contributed by atoms with E-state index in [0.717, 1.165) is 30.4 Å². The molecular weight excluding hydrogens is 392 g/mol. The molecule has 31 heavy (non-hydrogen) atoms. The minimum Gasteiger partial charge on any atom is -0.472 e. The number of carbonyl (C=O) groups excluding carboxylic acids is 2. The zero-order valence-corrected chi connectivity index (χ0v) is 19.2. The van der Waals surface area contributed by atoms with Gasteiger partial charge in [0.25, 0.3) is 0 Å². The Bertz CT molecular complexity index is 958. The van der Waals surface area contributed by atoms with Crippen molar-refractivity contribution >= 4 is 11.8 Å². The monoisotopic (exact) mass is 426 g/mol. The summed E-state index contributed by atoms with van der Waals surface area (Å²) in [7, 11) is 0. The van der Waals surface area contributed by atoms with Crippen LogP contribution in [0.1, 0.15) is 78.4 Å². The van der Waals surface area contributed by atoms with Crippen LogP contribution in [0.4, 0.5) is 0 Å². The van der Waals surface area contributed by atoms with Crippen molar-refractivity contribution in [3.8, 4) is 0 Å². The van der Waals surface area contributed by atoms with Gasteiger partial charge in [0.05, 0.1) is 18.6 Å². The first-order valence-corrected chi connectivity index (χ1v) is 11.6. The van der Waals surface area contributed by atoms with Gasteiger partial charge in [-0.15, -0.1) is 0 Å². The second-order valence-electron chi connectivity index (χ2n) is 11.7. The van der Waals surface area contributed by atoms with Crippen molar-refractivity contribution in [2.24, 2.45) is 33.5 Å². The van der Waals surface area contributed by atoms with Crippen LogP contribution < -0.4 is 0 Å². The van der Waals surface area contributed by atoms with E-state index < -0.39 is 28.5 Å². The van der Waals surface area contributed by atoms with Crippen LogP contribution in [0.15, 0.2) is 34.7 Å². The van der Waals surface area contributed by atoms with E-state index in [1.54, 1.807) is 18.6 Å². The number of ether oxygens (including phenoxy) is 1. The average Bonchev–Trinajstić information content (AvgIpc) is 3.23. The molecule has 1 aliphatic heterocycles. The van der Waals surface area contributed by atoms with Crippen molar-refractivity contribution < 1.29 is 23.8 Å². The van der Waals surface area contributed by atoms with E-state index in [9.17, 15) is 14.7 Å². The van der Waals surface area contributed by atoms with Crippen molar-refractivity contribution in [3.05, 3.63) is 35.8 Å². The normalized spacial score (nSPS) is 46.3. The fraction of sp³-hybridized carbons (Fsp3) is 0.692. The molecule has 1 aromatic heterocycles. The number of esters is 1. The number of rotatable bonds is 1. The Balaban J connectivity index is 1.63. The molecular formula is C26H34O5. The van der Waals surface area contributed by atoms with Crippen LogP contribution in [0.3, 0.4) is 0 Å². The molecule has 0 saturated heterocycles. The van der Waals surface area contributed by atoms with E-state index in [0.29, 0.717) is 18.6 Å². The topological polar surface area (TPSA) is 76.7 Å². The Morgan fingerprint density at radius 1 is 1.06 bits per heavy atom. The van der Waals surface area contributed by atoms with Crippen molar-refractivity contribution in [2.75, 3.05) is 0 Å². The highest BCUT2D eigenvalue weighted by Gasteiger charge is 2.68. The molecule has 3 fully saturated rings. The lowest BCUT2D eigenvalue weighted by atomic mass is 9.37.